The number of amides is 1. The van der Waals surface area contributed by atoms with Crippen molar-refractivity contribution in [2.24, 2.45) is 0 Å². The van der Waals surface area contributed by atoms with Gasteiger partial charge in [0.05, 0.1) is 12.2 Å². The Balaban J connectivity index is 1.63. The first kappa shape index (κ1) is 13.7. The molecule has 3 rings (SSSR count). The number of likely N-dealkylation sites (tertiary alicyclic amines) is 1. The first-order valence-corrected chi connectivity index (χ1v) is 6.90. The molecule has 1 N–H and O–H groups in total. The molecule has 108 valence electrons. The van der Waals surface area contributed by atoms with Gasteiger partial charge in [-0.2, -0.15) is 0 Å². The molecule has 3 heterocycles. The average molecular weight is 352 g/mol. The minimum atomic E-state index is -1.12. The second kappa shape index (κ2) is 5.24. The highest BCUT2D eigenvalue weighted by molar-refractivity contribution is 9.10. The Morgan fingerprint density at radius 1 is 1.29 bits per heavy atom. The van der Waals surface area contributed by atoms with Crippen molar-refractivity contribution in [3.8, 4) is 0 Å². The van der Waals surface area contributed by atoms with Crippen LogP contribution >= 0.6 is 15.9 Å². The van der Waals surface area contributed by atoms with Gasteiger partial charge in [0.15, 0.2) is 5.69 Å². The number of carboxylic acid groups (broad SMARTS) is 1. The highest BCUT2D eigenvalue weighted by atomic mass is 79.9. The van der Waals surface area contributed by atoms with E-state index < -0.39 is 5.97 Å². The van der Waals surface area contributed by atoms with Crippen LogP contribution in [0, 0.1) is 0 Å². The summed E-state index contributed by atoms with van der Waals surface area (Å²) < 4.78 is 2.28. The molecule has 1 saturated heterocycles. The van der Waals surface area contributed by atoms with Crippen LogP contribution in [0.5, 0.6) is 0 Å². The van der Waals surface area contributed by atoms with Crippen LogP contribution in [0.3, 0.4) is 0 Å². The van der Waals surface area contributed by atoms with Crippen molar-refractivity contribution in [1.82, 2.24) is 24.9 Å². The Labute approximate surface area is 127 Å². The summed E-state index contributed by atoms with van der Waals surface area (Å²) in [5.41, 5.74) is 0.274. The predicted molar refractivity (Wildman–Crippen MR) is 73.9 cm³/mol. The predicted octanol–water partition coefficient (Wildman–Crippen LogP) is 0.831. The van der Waals surface area contributed by atoms with E-state index in [2.05, 4.69) is 31.2 Å². The summed E-state index contributed by atoms with van der Waals surface area (Å²) in [7, 11) is 0. The van der Waals surface area contributed by atoms with Crippen LogP contribution in [-0.2, 0) is 0 Å². The maximum absolute atomic E-state index is 12.1. The van der Waals surface area contributed by atoms with Gasteiger partial charge in [0.25, 0.3) is 5.91 Å². The van der Waals surface area contributed by atoms with Crippen molar-refractivity contribution in [3.63, 3.8) is 0 Å². The van der Waals surface area contributed by atoms with E-state index in [1.54, 1.807) is 23.2 Å². The van der Waals surface area contributed by atoms with E-state index in [0.29, 0.717) is 18.8 Å². The number of carboxylic acids is 1. The molecule has 0 saturated carbocycles. The Kier molecular flexibility index (Phi) is 3.42. The van der Waals surface area contributed by atoms with Crippen molar-refractivity contribution in [1.29, 1.82) is 0 Å². The minimum absolute atomic E-state index is 0.0509. The molecule has 0 unspecified atom stereocenters. The second-order valence-electron chi connectivity index (χ2n) is 4.61. The van der Waals surface area contributed by atoms with E-state index in [1.165, 1.54) is 10.9 Å². The fourth-order valence-electron chi connectivity index (χ4n) is 2.01. The summed E-state index contributed by atoms with van der Waals surface area (Å²) in [4.78, 5) is 28.6. The van der Waals surface area contributed by atoms with Crippen LogP contribution in [-0.4, -0.2) is 55.0 Å². The lowest BCUT2D eigenvalue weighted by molar-refractivity contribution is 0.0491. The Morgan fingerprint density at radius 2 is 2.05 bits per heavy atom. The Hall–Kier alpha value is -2.29. The molecule has 9 heteroatoms. The maximum atomic E-state index is 12.1. The topological polar surface area (TPSA) is 101 Å². The Bertz CT molecular complexity index is 693. The van der Waals surface area contributed by atoms with Gasteiger partial charge in [0.2, 0.25) is 0 Å². The minimum Gasteiger partial charge on any atom is -0.476 e. The van der Waals surface area contributed by atoms with Gasteiger partial charge < -0.3 is 10.0 Å². The van der Waals surface area contributed by atoms with Gasteiger partial charge in [0.1, 0.15) is 5.69 Å². The van der Waals surface area contributed by atoms with Crippen molar-refractivity contribution in [3.05, 3.63) is 40.4 Å². The van der Waals surface area contributed by atoms with Crippen molar-refractivity contribution >= 4 is 27.8 Å². The number of pyridine rings is 1. The summed E-state index contributed by atoms with van der Waals surface area (Å²) in [5, 5.41) is 16.1. The lowest BCUT2D eigenvalue weighted by Crippen LogP contribution is -2.51. The van der Waals surface area contributed by atoms with E-state index >= 15 is 0 Å². The molecule has 8 nitrogen and oxygen atoms in total. The van der Waals surface area contributed by atoms with Crippen LogP contribution in [0.1, 0.15) is 27.0 Å². The summed E-state index contributed by atoms with van der Waals surface area (Å²) in [5.74, 6) is -1.27. The largest absolute Gasteiger partial charge is 0.476 e. The first-order chi connectivity index (χ1) is 10.0. The zero-order valence-electron chi connectivity index (χ0n) is 10.7. The van der Waals surface area contributed by atoms with Gasteiger partial charge in [-0.05, 0) is 28.1 Å². The van der Waals surface area contributed by atoms with Crippen molar-refractivity contribution in [2.75, 3.05) is 13.1 Å². The molecule has 21 heavy (non-hydrogen) atoms. The molecule has 0 aromatic carbocycles. The number of nitrogens with zero attached hydrogens (tertiary/aromatic N) is 5. The number of halogens is 1. The van der Waals surface area contributed by atoms with E-state index in [4.69, 9.17) is 5.11 Å². The molecule has 1 fully saturated rings. The highest BCUT2D eigenvalue weighted by Crippen LogP contribution is 2.22. The van der Waals surface area contributed by atoms with Crippen molar-refractivity contribution < 1.29 is 14.7 Å². The number of carbonyl (C=O) groups is 2. The number of hydrogen-bond donors (Lipinski definition) is 1. The molecule has 1 amide bonds. The highest BCUT2D eigenvalue weighted by Gasteiger charge is 2.34. The standard InChI is InChI=1S/C12H10BrN5O3/c13-7-1-2-9(14-3-7)11(19)17-4-8(5-17)18-6-10(12(20)21)15-16-18/h1-3,6,8H,4-5H2,(H,20,21). The van der Waals surface area contributed by atoms with Gasteiger partial charge in [-0.15, -0.1) is 5.10 Å². The van der Waals surface area contributed by atoms with Crippen molar-refractivity contribution in [2.45, 2.75) is 6.04 Å². The zero-order chi connectivity index (χ0) is 15.0. The fourth-order valence-corrected chi connectivity index (χ4v) is 2.24. The Morgan fingerprint density at radius 3 is 2.62 bits per heavy atom. The smallest absolute Gasteiger partial charge is 0.358 e. The monoisotopic (exact) mass is 351 g/mol. The molecule has 0 atom stereocenters. The first-order valence-electron chi connectivity index (χ1n) is 6.10. The summed E-state index contributed by atoms with van der Waals surface area (Å²) in [6, 6.07) is 3.36. The molecule has 1 aliphatic rings. The van der Waals surface area contributed by atoms with Gasteiger partial charge in [-0.25, -0.2) is 14.5 Å². The van der Waals surface area contributed by atoms with Crippen LogP contribution < -0.4 is 0 Å². The van der Waals surface area contributed by atoms with Gasteiger partial charge in [0, 0.05) is 23.8 Å². The van der Waals surface area contributed by atoms with Crippen LogP contribution in [0.15, 0.2) is 29.0 Å². The van der Waals surface area contributed by atoms with E-state index in [0.717, 1.165) is 4.47 Å². The summed E-state index contributed by atoms with van der Waals surface area (Å²) in [6.45, 7) is 0.915. The molecule has 0 radical (unpaired) electrons. The average Bonchev–Trinajstić information content (AvgIpc) is 2.87. The van der Waals surface area contributed by atoms with E-state index in [1.807, 2.05) is 0 Å². The quantitative estimate of drug-likeness (QED) is 0.878. The van der Waals surface area contributed by atoms with Crippen LogP contribution in [0.4, 0.5) is 0 Å². The number of hydrogen-bond acceptors (Lipinski definition) is 5. The third-order valence-electron chi connectivity index (χ3n) is 3.20. The van der Waals surface area contributed by atoms with Gasteiger partial charge in [-0.1, -0.05) is 5.21 Å². The van der Waals surface area contributed by atoms with Gasteiger partial charge in [-0.3, -0.25) is 4.79 Å². The molecular formula is C12H10BrN5O3. The molecule has 2 aromatic rings. The third kappa shape index (κ3) is 2.64. The summed E-state index contributed by atoms with van der Waals surface area (Å²) in [6.07, 6.45) is 2.94. The number of carbonyl (C=O) groups excluding carboxylic acids is 1. The number of aromatic nitrogens is 4. The SMILES string of the molecule is O=C(O)c1cn(C2CN(C(=O)c3ccc(Br)cn3)C2)nn1. The van der Waals surface area contributed by atoms with Crippen LogP contribution in [0.25, 0.3) is 0 Å². The molecule has 0 spiro atoms. The molecule has 0 aliphatic carbocycles. The molecule has 2 aromatic heterocycles. The zero-order valence-corrected chi connectivity index (χ0v) is 12.3. The van der Waals surface area contributed by atoms with E-state index in [9.17, 15) is 9.59 Å². The number of rotatable bonds is 3. The lowest BCUT2D eigenvalue weighted by atomic mass is 10.1. The normalized spacial score (nSPS) is 14.8. The maximum Gasteiger partial charge on any atom is 0.358 e. The second-order valence-corrected chi connectivity index (χ2v) is 5.53. The number of aromatic carboxylic acids is 1. The molecule has 0 bridgehead atoms. The van der Waals surface area contributed by atoms with Gasteiger partial charge >= 0.3 is 5.97 Å². The fraction of sp³-hybridized carbons (Fsp3) is 0.250. The molecule has 1 aliphatic heterocycles. The third-order valence-corrected chi connectivity index (χ3v) is 3.67. The summed E-state index contributed by atoms with van der Waals surface area (Å²) >= 11 is 3.26. The van der Waals surface area contributed by atoms with Crippen LogP contribution in [0.2, 0.25) is 0 Å². The lowest BCUT2D eigenvalue weighted by Gasteiger charge is -2.38. The van der Waals surface area contributed by atoms with E-state index in [-0.39, 0.29) is 17.6 Å². The molecular weight excluding hydrogens is 342 g/mol.